The van der Waals surface area contributed by atoms with Gasteiger partial charge in [0, 0.05) is 24.2 Å². The lowest BCUT2D eigenvalue weighted by atomic mass is 10.2. The van der Waals surface area contributed by atoms with Crippen LogP contribution in [0.5, 0.6) is 0 Å². The monoisotopic (exact) mass is 325 g/mol. The van der Waals surface area contributed by atoms with Crippen LogP contribution in [-0.2, 0) is 4.79 Å². The second kappa shape index (κ2) is 6.89. The largest absolute Gasteiger partial charge is 0.326 e. The quantitative estimate of drug-likeness (QED) is 0.775. The molecule has 0 unspecified atom stereocenters. The Balaban J connectivity index is 1.78. The maximum atomic E-state index is 12.0. The van der Waals surface area contributed by atoms with Crippen LogP contribution in [0.4, 0.5) is 5.69 Å². The smallest absolute Gasteiger partial charge is 0.225 e. The second-order valence-corrected chi connectivity index (χ2v) is 6.70. The third kappa shape index (κ3) is 3.94. The van der Waals surface area contributed by atoms with Gasteiger partial charge in [-0.25, -0.2) is 4.98 Å². The van der Waals surface area contributed by atoms with Crippen molar-refractivity contribution in [2.45, 2.75) is 6.42 Å². The van der Waals surface area contributed by atoms with Crippen LogP contribution >= 0.6 is 11.3 Å². The number of carbonyl (C=O) groups is 1. The normalized spacial score (nSPS) is 11.1. The van der Waals surface area contributed by atoms with Crippen molar-refractivity contribution >= 4 is 33.1 Å². The Kier molecular flexibility index (Phi) is 4.69. The zero-order chi connectivity index (χ0) is 16.2. The van der Waals surface area contributed by atoms with E-state index in [4.69, 9.17) is 0 Å². The Hall–Kier alpha value is -2.24. The molecule has 0 saturated carbocycles. The van der Waals surface area contributed by atoms with Crippen LogP contribution in [0.15, 0.2) is 48.5 Å². The fraction of sp³-hybridized carbons (Fsp3) is 0.222. The molecule has 5 heteroatoms. The van der Waals surface area contributed by atoms with Gasteiger partial charge in [0.05, 0.1) is 10.2 Å². The summed E-state index contributed by atoms with van der Waals surface area (Å²) in [5.41, 5.74) is 2.84. The van der Waals surface area contributed by atoms with Gasteiger partial charge in [-0.1, -0.05) is 24.3 Å². The van der Waals surface area contributed by atoms with Gasteiger partial charge < -0.3 is 10.2 Å². The van der Waals surface area contributed by atoms with Gasteiger partial charge in [-0.2, -0.15) is 0 Å². The molecule has 1 heterocycles. The number of fused-ring (bicyclic) bond motifs is 1. The molecule has 1 aromatic heterocycles. The number of amides is 1. The number of anilines is 1. The SMILES string of the molecule is CN(C)CCC(=O)Nc1cccc(-c2nc3ccccc3s2)c1. The van der Waals surface area contributed by atoms with Gasteiger partial charge in [0.2, 0.25) is 5.91 Å². The summed E-state index contributed by atoms with van der Waals surface area (Å²) in [7, 11) is 3.92. The molecule has 0 aliphatic heterocycles. The Morgan fingerprint density at radius 2 is 2.00 bits per heavy atom. The lowest BCUT2D eigenvalue weighted by molar-refractivity contribution is -0.116. The van der Waals surface area contributed by atoms with Gasteiger partial charge in [0.25, 0.3) is 0 Å². The number of thiazole rings is 1. The topological polar surface area (TPSA) is 45.2 Å². The molecule has 3 aromatic rings. The van der Waals surface area contributed by atoms with Gasteiger partial charge in [-0.15, -0.1) is 11.3 Å². The predicted molar refractivity (Wildman–Crippen MR) is 96.9 cm³/mol. The van der Waals surface area contributed by atoms with Crippen molar-refractivity contribution in [3.63, 3.8) is 0 Å². The van der Waals surface area contributed by atoms with Gasteiger partial charge in [-0.05, 0) is 38.4 Å². The van der Waals surface area contributed by atoms with E-state index in [0.717, 1.165) is 28.3 Å². The number of hydrogen-bond acceptors (Lipinski definition) is 4. The fourth-order valence-electron chi connectivity index (χ4n) is 2.27. The standard InChI is InChI=1S/C18H19N3OS/c1-21(2)11-10-17(22)19-14-7-5-6-13(12-14)18-20-15-8-3-4-9-16(15)23-18/h3-9,12H,10-11H2,1-2H3,(H,19,22). The van der Waals surface area contributed by atoms with E-state index in [1.807, 2.05) is 61.5 Å². The molecule has 23 heavy (non-hydrogen) atoms. The number of nitrogens with one attached hydrogen (secondary N) is 1. The molecule has 118 valence electrons. The van der Waals surface area contributed by atoms with Crippen LogP contribution in [0.3, 0.4) is 0 Å². The highest BCUT2D eigenvalue weighted by Gasteiger charge is 2.08. The van der Waals surface area contributed by atoms with Crippen molar-refractivity contribution in [3.05, 3.63) is 48.5 Å². The number of aromatic nitrogens is 1. The third-order valence-corrected chi connectivity index (χ3v) is 4.56. The van der Waals surface area contributed by atoms with E-state index < -0.39 is 0 Å². The number of nitrogens with zero attached hydrogens (tertiary/aromatic N) is 2. The number of rotatable bonds is 5. The van der Waals surface area contributed by atoms with Crippen molar-refractivity contribution in [1.82, 2.24) is 9.88 Å². The first-order valence-electron chi connectivity index (χ1n) is 7.52. The van der Waals surface area contributed by atoms with E-state index in [-0.39, 0.29) is 5.91 Å². The van der Waals surface area contributed by atoms with E-state index in [1.54, 1.807) is 11.3 Å². The van der Waals surface area contributed by atoms with Gasteiger partial charge in [0.1, 0.15) is 5.01 Å². The summed E-state index contributed by atoms with van der Waals surface area (Å²) in [6.45, 7) is 0.739. The first-order valence-corrected chi connectivity index (χ1v) is 8.34. The molecular weight excluding hydrogens is 306 g/mol. The molecular formula is C18H19N3OS. The molecule has 1 N–H and O–H groups in total. The van der Waals surface area contributed by atoms with E-state index >= 15 is 0 Å². The molecule has 0 aliphatic carbocycles. The Labute approximate surface area is 139 Å². The van der Waals surface area contributed by atoms with Crippen molar-refractivity contribution < 1.29 is 4.79 Å². The molecule has 3 rings (SSSR count). The molecule has 0 bridgehead atoms. The first kappa shape index (κ1) is 15.6. The molecule has 0 saturated heterocycles. The highest BCUT2D eigenvalue weighted by Crippen LogP contribution is 2.31. The second-order valence-electron chi connectivity index (χ2n) is 5.67. The highest BCUT2D eigenvalue weighted by molar-refractivity contribution is 7.21. The Bertz CT molecular complexity index is 793. The molecule has 0 fully saturated rings. The van der Waals surface area contributed by atoms with Crippen molar-refractivity contribution in [2.75, 3.05) is 26.0 Å². The maximum Gasteiger partial charge on any atom is 0.225 e. The van der Waals surface area contributed by atoms with Crippen LogP contribution < -0.4 is 5.32 Å². The minimum absolute atomic E-state index is 0.0279. The lowest BCUT2D eigenvalue weighted by Gasteiger charge is -2.10. The van der Waals surface area contributed by atoms with Crippen LogP contribution in [0.2, 0.25) is 0 Å². The third-order valence-electron chi connectivity index (χ3n) is 3.47. The predicted octanol–water partition coefficient (Wildman–Crippen LogP) is 3.85. The molecule has 0 spiro atoms. The Morgan fingerprint density at radius 3 is 2.78 bits per heavy atom. The van der Waals surface area contributed by atoms with Crippen molar-refractivity contribution in [3.8, 4) is 10.6 Å². The average Bonchev–Trinajstić information content (AvgIpc) is 2.97. The highest BCUT2D eigenvalue weighted by atomic mass is 32.1. The minimum Gasteiger partial charge on any atom is -0.326 e. The van der Waals surface area contributed by atoms with Crippen LogP contribution in [0.1, 0.15) is 6.42 Å². The summed E-state index contributed by atoms with van der Waals surface area (Å²) < 4.78 is 1.17. The van der Waals surface area contributed by atoms with Crippen molar-refractivity contribution in [2.24, 2.45) is 0 Å². The number of hydrogen-bond donors (Lipinski definition) is 1. The molecule has 2 aromatic carbocycles. The minimum atomic E-state index is 0.0279. The van der Waals surface area contributed by atoms with E-state index in [0.29, 0.717) is 6.42 Å². The fourth-order valence-corrected chi connectivity index (χ4v) is 3.24. The zero-order valence-corrected chi connectivity index (χ0v) is 14.1. The van der Waals surface area contributed by atoms with Gasteiger partial charge in [-0.3, -0.25) is 4.79 Å². The molecule has 1 amide bonds. The van der Waals surface area contributed by atoms with E-state index in [2.05, 4.69) is 16.4 Å². The summed E-state index contributed by atoms with van der Waals surface area (Å²) in [6.07, 6.45) is 0.484. The summed E-state index contributed by atoms with van der Waals surface area (Å²) >= 11 is 1.66. The molecule has 0 aliphatic rings. The van der Waals surface area contributed by atoms with Crippen LogP contribution in [0, 0.1) is 0 Å². The summed E-state index contributed by atoms with van der Waals surface area (Å²) in [4.78, 5) is 18.6. The maximum absolute atomic E-state index is 12.0. The average molecular weight is 325 g/mol. The lowest BCUT2D eigenvalue weighted by Crippen LogP contribution is -2.20. The van der Waals surface area contributed by atoms with Gasteiger partial charge >= 0.3 is 0 Å². The van der Waals surface area contributed by atoms with Crippen LogP contribution in [0.25, 0.3) is 20.8 Å². The van der Waals surface area contributed by atoms with E-state index in [1.165, 1.54) is 4.70 Å². The Morgan fingerprint density at radius 1 is 1.17 bits per heavy atom. The number of carbonyl (C=O) groups excluding carboxylic acids is 1. The summed E-state index contributed by atoms with van der Waals surface area (Å²) in [5.74, 6) is 0.0279. The van der Waals surface area contributed by atoms with E-state index in [9.17, 15) is 4.79 Å². The van der Waals surface area contributed by atoms with Gasteiger partial charge in [0.15, 0.2) is 0 Å². The summed E-state index contributed by atoms with van der Waals surface area (Å²) in [5, 5.41) is 3.92. The number of para-hydroxylation sites is 1. The molecule has 0 atom stereocenters. The molecule has 0 radical (unpaired) electrons. The zero-order valence-electron chi connectivity index (χ0n) is 13.2. The summed E-state index contributed by atoms with van der Waals surface area (Å²) in [6, 6.07) is 16.0. The molecule has 4 nitrogen and oxygen atoms in total. The number of benzene rings is 2. The van der Waals surface area contributed by atoms with Crippen molar-refractivity contribution in [1.29, 1.82) is 0 Å². The van der Waals surface area contributed by atoms with Crippen LogP contribution in [-0.4, -0.2) is 36.4 Å². The first-order chi connectivity index (χ1) is 11.1.